The third kappa shape index (κ3) is 4.29. The number of benzene rings is 1. The van der Waals surface area contributed by atoms with E-state index in [1.54, 1.807) is 12.1 Å². The monoisotopic (exact) mass is 291 g/mol. The molecular formula is C19H30FN. The molecule has 2 rings (SSSR count). The minimum Gasteiger partial charge on any atom is -0.310 e. The largest absolute Gasteiger partial charge is 0.310 e. The van der Waals surface area contributed by atoms with E-state index in [-0.39, 0.29) is 5.82 Å². The Labute approximate surface area is 129 Å². The third-order valence-electron chi connectivity index (χ3n) is 4.96. The zero-order valence-corrected chi connectivity index (χ0v) is 13.8. The van der Waals surface area contributed by atoms with Gasteiger partial charge in [0.05, 0.1) is 0 Å². The highest BCUT2D eigenvalue weighted by molar-refractivity contribution is 5.27. The first-order valence-electron chi connectivity index (χ1n) is 8.66. The van der Waals surface area contributed by atoms with Crippen molar-refractivity contribution in [2.24, 2.45) is 11.8 Å². The van der Waals surface area contributed by atoms with Crippen molar-refractivity contribution in [1.82, 2.24) is 5.32 Å². The fraction of sp³-hybridized carbons (Fsp3) is 0.684. The molecule has 1 N–H and O–H groups in total. The van der Waals surface area contributed by atoms with Gasteiger partial charge in [-0.25, -0.2) is 4.39 Å². The van der Waals surface area contributed by atoms with Gasteiger partial charge >= 0.3 is 0 Å². The van der Waals surface area contributed by atoms with E-state index in [0.29, 0.717) is 12.0 Å². The zero-order valence-electron chi connectivity index (χ0n) is 13.8. The van der Waals surface area contributed by atoms with Gasteiger partial charge in [-0.05, 0) is 61.4 Å². The minimum atomic E-state index is -0.0999. The molecule has 1 nitrogen and oxygen atoms in total. The molecule has 0 radical (unpaired) electrons. The molecule has 0 aliphatic heterocycles. The molecule has 0 spiro atoms. The van der Waals surface area contributed by atoms with Gasteiger partial charge in [0.1, 0.15) is 5.82 Å². The van der Waals surface area contributed by atoms with Crippen LogP contribution in [0.3, 0.4) is 0 Å². The molecule has 0 amide bonds. The second-order valence-electron chi connectivity index (χ2n) is 6.61. The number of rotatable bonds is 6. The van der Waals surface area contributed by atoms with Crippen LogP contribution in [0.15, 0.2) is 18.2 Å². The standard InChI is InChI=1S/C19H30FN/c1-4-10-21-19(16-11-14(3)12-17(20)13-16)18-9-7-6-8-15(18)5-2/h11-13,15,18-19,21H,4-10H2,1-3H3. The maximum Gasteiger partial charge on any atom is 0.123 e. The highest BCUT2D eigenvalue weighted by Crippen LogP contribution is 2.40. The lowest BCUT2D eigenvalue weighted by atomic mass is 9.72. The molecule has 1 fully saturated rings. The molecule has 1 aliphatic carbocycles. The van der Waals surface area contributed by atoms with Crippen LogP contribution >= 0.6 is 0 Å². The second kappa shape index (κ2) is 7.93. The lowest BCUT2D eigenvalue weighted by Crippen LogP contribution is -2.35. The highest BCUT2D eigenvalue weighted by Gasteiger charge is 2.31. The fourth-order valence-electron chi connectivity index (χ4n) is 3.94. The summed E-state index contributed by atoms with van der Waals surface area (Å²) in [5.41, 5.74) is 2.17. The molecule has 0 heterocycles. The summed E-state index contributed by atoms with van der Waals surface area (Å²) in [6, 6.07) is 5.84. The highest BCUT2D eigenvalue weighted by atomic mass is 19.1. The molecule has 118 valence electrons. The van der Waals surface area contributed by atoms with E-state index in [2.05, 4.69) is 25.2 Å². The molecule has 0 saturated heterocycles. The van der Waals surface area contributed by atoms with Gasteiger partial charge in [0, 0.05) is 6.04 Å². The first-order chi connectivity index (χ1) is 10.2. The lowest BCUT2D eigenvalue weighted by Gasteiger charge is -2.38. The van der Waals surface area contributed by atoms with Crippen LogP contribution in [0.1, 0.15) is 69.5 Å². The van der Waals surface area contributed by atoms with Crippen molar-refractivity contribution in [3.8, 4) is 0 Å². The smallest absolute Gasteiger partial charge is 0.123 e. The SMILES string of the molecule is CCCNC(c1cc(C)cc(F)c1)C1CCCCC1CC. The summed E-state index contributed by atoms with van der Waals surface area (Å²) in [6.07, 6.45) is 7.64. The van der Waals surface area contributed by atoms with Gasteiger partial charge in [-0.2, -0.15) is 0 Å². The van der Waals surface area contributed by atoms with E-state index in [1.807, 2.05) is 6.92 Å². The van der Waals surface area contributed by atoms with Crippen LogP contribution < -0.4 is 5.32 Å². The Morgan fingerprint density at radius 2 is 1.95 bits per heavy atom. The van der Waals surface area contributed by atoms with E-state index in [4.69, 9.17) is 0 Å². The first kappa shape index (κ1) is 16.5. The Kier molecular flexibility index (Phi) is 6.22. The molecule has 3 atom stereocenters. The van der Waals surface area contributed by atoms with Crippen LogP contribution in [0.25, 0.3) is 0 Å². The van der Waals surface area contributed by atoms with Crippen LogP contribution in [-0.2, 0) is 0 Å². The summed E-state index contributed by atoms with van der Waals surface area (Å²) < 4.78 is 13.8. The van der Waals surface area contributed by atoms with Crippen LogP contribution in [0.2, 0.25) is 0 Å². The van der Waals surface area contributed by atoms with Crippen molar-refractivity contribution < 1.29 is 4.39 Å². The second-order valence-corrected chi connectivity index (χ2v) is 6.61. The summed E-state index contributed by atoms with van der Waals surface area (Å²) >= 11 is 0. The summed E-state index contributed by atoms with van der Waals surface area (Å²) in [5, 5.41) is 3.71. The molecule has 0 aromatic heterocycles. The van der Waals surface area contributed by atoms with Gasteiger partial charge in [0.25, 0.3) is 0 Å². The topological polar surface area (TPSA) is 12.0 Å². The molecule has 2 heteroatoms. The summed E-state index contributed by atoms with van der Waals surface area (Å²) in [4.78, 5) is 0. The van der Waals surface area contributed by atoms with Crippen molar-refractivity contribution in [3.63, 3.8) is 0 Å². The lowest BCUT2D eigenvalue weighted by molar-refractivity contribution is 0.175. The van der Waals surface area contributed by atoms with E-state index in [9.17, 15) is 4.39 Å². The zero-order chi connectivity index (χ0) is 15.2. The Bertz CT molecular complexity index is 423. The molecule has 1 saturated carbocycles. The van der Waals surface area contributed by atoms with Gasteiger partial charge in [0.2, 0.25) is 0 Å². The van der Waals surface area contributed by atoms with E-state index < -0.39 is 0 Å². The Morgan fingerprint density at radius 3 is 2.62 bits per heavy atom. The Hall–Kier alpha value is -0.890. The average molecular weight is 291 g/mol. The summed E-state index contributed by atoms with van der Waals surface area (Å²) in [6.45, 7) is 7.49. The molecule has 1 aromatic carbocycles. The first-order valence-corrected chi connectivity index (χ1v) is 8.66. The molecule has 1 aliphatic rings. The molecule has 1 aromatic rings. The normalized spacial score (nSPS) is 24.0. The van der Waals surface area contributed by atoms with Crippen molar-refractivity contribution in [1.29, 1.82) is 0 Å². The van der Waals surface area contributed by atoms with E-state index in [0.717, 1.165) is 30.0 Å². The molecular weight excluding hydrogens is 261 g/mol. The number of aryl methyl sites for hydroxylation is 1. The Balaban J connectivity index is 2.27. The van der Waals surface area contributed by atoms with Crippen LogP contribution in [0.5, 0.6) is 0 Å². The Morgan fingerprint density at radius 1 is 1.19 bits per heavy atom. The van der Waals surface area contributed by atoms with Crippen molar-refractivity contribution in [2.45, 2.75) is 65.3 Å². The quantitative estimate of drug-likeness (QED) is 0.741. The predicted octanol–water partition coefficient (Wildman–Crippen LogP) is 5.39. The van der Waals surface area contributed by atoms with Crippen LogP contribution in [0, 0.1) is 24.6 Å². The van der Waals surface area contributed by atoms with Gasteiger partial charge < -0.3 is 5.32 Å². The fourth-order valence-corrected chi connectivity index (χ4v) is 3.94. The number of hydrogen-bond acceptors (Lipinski definition) is 1. The molecule has 0 bridgehead atoms. The predicted molar refractivity (Wildman–Crippen MR) is 87.9 cm³/mol. The number of halogens is 1. The van der Waals surface area contributed by atoms with Gasteiger partial charge in [0.15, 0.2) is 0 Å². The minimum absolute atomic E-state index is 0.0999. The summed E-state index contributed by atoms with van der Waals surface area (Å²) in [5.74, 6) is 1.32. The van der Waals surface area contributed by atoms with Gasteiger partial charge in [-0.15, -0.1) is 0 Å². The van der Waals surface area contributed by atoms with Crippen molar-refractivity contribution in [3.05, 3.63) is 35.1 Å². The average Bonchev–Trinajstić information content (AvgIpc) is 2.47. The van der Waals surface area contributed by atoms with Crippen LogP contribution in [-0.4, -0.2) is 6.54 Å². The maximum absolute atomic E-state index is 13.8. The van der Waals surface area contributed by atoms with E-state index in [1.165, 1.54) is 32.1 Å². The van der Waals surface area contributed by atoms with E-state index >= 15 is 0 Å². The van der Waals surface area contributed by atoms with Crippen molar-refractivity contribution in [2.75, 3.05) is 6.54 Å². The molecule has 21 heavy (non-hydrogen) atoms. The molecule has 3 unspecified atom stereocenters. The maximum atomic E-state index is 13.8. The summed E-state index contributed by atoms with van der Waals surface area (Å²) in [7, 11) is 0. The van der Waals surface area contributed by atoms with Gasteiger partial charge in [-0.3, -0.25) is 0 Å². The van der Waals surface area contributed by atoms with Crippen molar-refractivity contribution >= 4 is 0 Å². The third-order valence-corrected chi connectivity index (χ3v) is 4.96. The van der Waals surface area contributed by atoms with Gasteiger partial charge in [-0.1, -0.05) is 45.6 Å². The van der Waals surface area contributed by atoms with Crippen LogP contribution in [0.4, 0.5) is 4.39 Å². The number of hydrogen-bond donors (Lipinski definition) is 1. The number of nitrogens with one attached hydrogen (secondary N) is 1.